The topological polar surface area (TPSA) is 96.2 Å². The van der Waals surface area contributed by atoms with Crippen molar-refractivity contribution in [2.75, 3.05) is 5.73 Å². The van der Waals surface area contributed by atoms with E-state index in [0.29, 0.717) is 11.4 Å². The maximum atomic E-state index is 11.2. The Morgan fingerprint density at radius 1 is 1.47 bits per heavy atom. The van der Waals surface area contributed by atoms with E-state index in [0.717, 1.165) is 0 Å². The van der Waals surface area contributed by atoms with Gasteiger partial charge in [0.2, 0.25) is 0 Å². The third-order valence-electron chi connectivity index (χ3n) is 2.21. The highest BCUT2D eigenvalue weighted by Gasteiger charge is 2.13. The first kappa shape index (κ1) is 11.0. The van der Waals surface area contributed by atoms with Crippen LogP contribution in [0.25, 0.3) is 0 Å². The Morgan fingerprint density at radius 2 is 2.24 bits per heavy atom. The predicted octanol–water partition coefficient (Wildman–Crippen LogP) is 0.893. The van der Waals surface area contributed by atoms with Crippen LogP contribution in [0.1, 0.15) is 10.4 Å². The Balaban J connectivity index is 2.40. The maximum Gasteiger partial charge on any atom is 0.252 e. The highest BCUT2D eigenvalue weighted by atomic mass is 16.5. The Bertz CT molecular complexity index is 562. The van der Waals surface area contributed by atoms with Gasteiger partial charge in [-0.2, -0.15) is 5.10 Å². The van der Waals surface area contributed by atoms with Gasteiger partial charge in [0, 0.05) is 7.05 Å². The van der Waals surface area contributed by atoms with Crippen LogP contribution in [0, 0.1) is 0 Å². The van der Waals surface area contributed by atoms with Crippen molar-refractivity contribution in [3.63, 3.8) is 0 Å². The van der Waals surface area contributed by atoms with E-state index in [2.05, 4.69) is 5.10 Å². The summed E-state index contributed by atoms with van der Waals surface area (Å²) in [5, 5.41) is 3.95. The average Bonchev–Trinajstić information content (AvgIpc) is 2.67. The summed E-state index contributed by atoms with van der Waals surface area (Å²) in [6.45, 7) is 0. The quantitative estimate of drug-likeness (QED) is 0.768. The molecule has 1 aromatic heterocycles. The molecule has 1 heterocycles. The molecule has 6 heteroatoms. The molecule has 1 amide bonds. The Hall–Kier alpha value is -2.50. The molecule has 1 aromatic carbocycles. The molecular weight excluding hydrogens is 220 g/mol. The minimum atomic E-state index is -0.587. The van der Waals surface area contributed by atoms with Crippen LogP contribution < -0.4 is 16.2 Å². The largest absolute Gasteiger partial charge is 0.451 e. The SMILES string of the molecule is Cn1cc(Oc2c(N)cccc2C(N)=O)cn1. The number of rotatable bonds is 3. The zero-order valence-corrected chi connectivity index (χ0v) is 9.25. The number of ether oxygens (including phenoxy) is 1. The minimum absolute atomic E-state index is 0.244. The molecule has 4 N–H and O–H groups in total. The molecular formula is C11H12N4O2. The van der Waals surface area contributed by atoms with Crippen LogP contribution in [0.4, 0.5) is 5.69 Å². The number of carbonyl (C=O) groups is 1. The second-order valence-corrected chi connectivity index (χ2v) is 3.54. The Morgan fingerprint density at radius 3 is 2.82 bits per heavy atom. The van der Waals surface area contributed by atoms with Crippen molar-refractivity contribution in [2.45, 2.75) is 0 Å². The summed E-state index contributed by atoms with van der Waals surface area (Å²) in [7, 11) is 1.76. The molecule has 0 aliphatic heterocycles. The smallest absolute Gasteiger partial charge is 0.252 e. The molecule has 0 unspecified atom stereocenters. The third kappa shape index (κ3) is 2.20. The van der Waals surface area contributed by atoms with E-state index in [4.69, 9.17) is 16.2 Å². The van der Waals surface area contributed by atoms with E-state index in [1.165, 1.54) is 6.20 Å². The van der Waals surface area contributed by atoms with Crippen molar-refractivity contribution in [3.05, 3.63) is 36.2 Å². The van der Waals surface area contributed by atoms with E-state index in [1.807, 2.05) is 0 Å². The molecule has 17 heavy (non-hydrogen) atoms. The molecule has 0 bridgehead atoms. The van der Waals surface area contributed by atoms with Crippen LogP contribution in [-0.4, -0.2) is 15.7 Å². The number of amides is 1. The normalized spacial score (nSPS) is 10.2. The summed E-state index contributed by atoms with van der Waals surface area (Å²) in [5.41, 5.74) is 11.6. The number of nitrogen functional groups attached to an aromatic ring is 1. The Kier molecular flexibility index (Phi) is 2.70. The molecule has 0 saturated heterocycles. The summed E-state index contributed by atoms with van der Waals surface area (Å²) in [5.74, 6) is 0.164. The maximum absolute atomic E-state index is 11.2. The van der Waals surface area contributed by atoms with Gasteiger partial charge in [-0.3, -0.25) is 9.48 Å². The zero-order valence-electron chi connectivity index (χ0n) is 9.25. The number of hydrogen-bond acceptors (Lipinski definition) is 4. The lowest BCUT2D eigenvalue weighted by Crippen LogP contribution is -2.13. The summed E-state index contributed by atoms with van der Waals surface area (Å²) in [6.07, 6.45) is 3.19. The minimum Gasteiger partial charge on any atom is -0.451 e. The van der Waals surface area contributed by atoms with E-state index >= 15 is 0 Å². The Labute approximate surface area is 97.8 Å². The second kappa shape index (κ2) is 4.17. The highest BCUT2D eigenvalue weighted by molar-refractivity contribution is 5.97. The zero-order chi connectivity index (χ0) is 12.4. The number of primary amides is 1. The number of carbonyl (C=O) groups excluding carboxylic acids is 1. The van der Waals surface area contributed by atoms with Gasteiger partial charge in [-0.25, -0.2) is 0 Å². The number of benzene rings is 1. The van der Waals surface area contributed by atoms with Gasteiger partial charge in [-0.15, -0.1) is 0 Å². The number of nitrogens with zero attached hydrogens (tertiary/aromatic N) is 2. The van der Waals surface area contributed by atoms with Crippen LogP contribution in [-0.2, 0) is 7.05 Å². The summed E-state index contributed by atoms with van der Waals surface area (Å²) >= 11 is 0. The van der Waals surface area contributed by atoms with Gasteiger partial charge >= 0.3 is 0 Å². The second-order valence-electron chi connectivity index (χ2n) is 3.54. The highest BCUT2D eigenvalue weighted by Crippen LogP contribution is 2.30. The number of aromatic nitrogens is 2. The fourth-order valence-electron chi connectivity index (χ4n) is 1.43. The van der Waals surface area contributed by atoms with Crippen LogP contribution in [0.5, 0.6) is 11.5 Å². The summed E-state index contributed by atoms with van der Waals surface area (Å²) in [6, 6.07) is 4.84. The van der Waals surface area contributed by atoms with Crippen molar-refractivity contribution in [1.29, 1.82) is 0 Å². The molecule has 0 aliphatic rings. The van der Waals surface area contributed by atoms with Crippen LogP contribution in [0.3, 0.4) is 0 Å². The average molecular weight is 232 g/mol. The van der Waals surface area contributed by atoms with Crippen LogP contribution in [0.15, 0.2) is 30.6 Å². The first-order chi connectivity index (χ1) is 8.08. The van der Waals surface area contributed by atoms with Crippen LogP contribution in [0.2, 0.25) is 0 Å². The van der Waals surface area contributed by atoms with Gasteiger partial charge in [0.1, 0.15) is 0 Å². The lowest BCUT2D eigenvalue weighted by molar-refractivity contribution is 0.0998. The molecule has 88 valence electrons. The number of anilines is 1. The fourth-order valence-corrected chi connectivity index (χ4v) is 1.43. The summed E-state index contributed by atoms with van der Waals surface area (Å²) in [4.78, 5) is 11.2. The number of para-hydroxylation sites is 1. The molecule has 0 atom stereocenters. The fraction of sp³-hybridized carbons (Fsp3) is 0.0909. The van der Waals surface area contributed by atoms with Gasteiger partial charge < -0.3 is 16.2 Å². The van der Waals surface area contributed by atoms with Gasteiger partial charge in [0.25, 0.3) is 5.91 Å². The van der Waals surface area contributed by atoms with Gasteiger partial charge in [-0.05, 0) is 12.1 Å². The lowest BCUT2D eigenvalue weighted by atomic mass is 10.1. The van der Waals surface area contributed by atoms with Crippen LogP contribution >= 0.6 is 0 Å². The number of nitrogens with two attached hydrogens (primary N) is 2. The van der Waals surface area contributed by atoms with E-state index < -0.39 is 5.91 Å². The van der Waals surface area contributed by atoms with Crippen molar-refractivity contribution < 1.29 is 9.53 Å². The van der Waals surface area contributed by atoms with E-state index in [1.54, 1.807) is 36.1 Å². The van der Waals surface area contributed by atoms with Gasteiger partial charge in [0.15, 0.2) is 11.5 Å². The molecule has 0 radical (unpaired) electrons. The molecule has 0 fully saturated rings. The first-order valence-corrected chi connectivity index (χ1v) is 4.92. The molecule has 2 rings (SSSR count). The lowest BCUT2D eigenvalue weighted by Gasteiger charge is -2.09. The van der Waals surface area contributed by atoms with Gasteiger partial charge in [-0.1, -0.05) is 6.07 Å². The molecule has 0 aliphatic carbocycles. The molecule has 0 spiro atoms. The molecule has 0 saturated carbocycles. The van der Waals surface area contributed by atoms with Gasteiger partial charge in [0.05, 0.1) is 23.6 Å². The standard InChI is InChI=1S/C11H12N4O2/c1-15-6-7(5-14-15)17-10-8(11(13)16)3-2-4-9(10)12/h2-6H,12H2,1H3,(H2,13,16). The van der Waals surface area contributed by atoms with E-state index in [-0.39, 0.29) is 11.3 Å². The number of hydrogen-bond donors (Lipinski definition) is 2. The predicted molar refractivity (Wildman–Crippen MR) is 62.7 cm³/mol. The first-order valence-electron chi connectivity index (χ1n) is 4.92. The monoisotopic (exact) mass is 232 g/mol. The molecule has 2 aromatic rings. The van der Waals surface area contributed by atoms with Crippen molar-refractivity contribution in [2.24, 2.45) is 12.8 Å². The van der Waals surface area contributed by atoms with Crippen molar-refractivity contribution >= 4 is 11.6 Å². The summed E-state index contributed by atoms with van der Waals surface area (Å²) < 4.78 is 7.09. The third-order valence-corrected chi connectivity index (χ3v) is 2.21. The van der Waals surface area contributed by atoms with E-state index in [9.17, 15) is 4.79 Å². The number of aryl methyl sites for hydroxylation is 1. The van der Waals surface area contributed by atoms with Crippen molar-refractivity contribution in [3.8, 4) is 11.5 Å². The van der Waals surface area contributed by atoms with Crippen molar-refractivity contribution in [1.82, 2.24) is 9.78 Å². The molecule has 6 nitrogen and oxygen atoms in total.